The van der Waals surface area contributed by atoms with Crippen LogP contribution in [0.25, 0.3) is 0 Å². The zero-order chi connectivity index (χ0) is 10.7. The predicted molar refractivity (Wildman–Crippen MR) is 57.9 cm³/mol. The monoisotopic (exact) mass is 213 g/mol. The molecular weight excluding hydrogens is 201 g/mol. The summed E-state index contributed by atoms with van der Waals surface area (Å²) < 4.78 is 13.1. The third kappa shape index (κ3) is 1.97. The molecule has 1 aromatic rings. The van der Waals surface area contributed by atoms with Gasteiger partial charge in [-0.05, 0) is 23.6 Å². The summed E-state index contributed by atoms with van der Waals surface area (Å²) in [6.07, 6.45) is 2.27. The van der Waals surface area contributed by atoms with E-state index in [1.54, 1.807) is 12.1 Å². The minimum absolute atomic E-state index is 0.169. The number of nitrogens with two attached hydrogens (primary N) is 1. The van der Waals surface area contributed by atoms with E-state index in [1.165, 1.54) is 6.07 Å². The predicted octanol–water partition coefficient (Wildman–Crippen LogP) is 3.23. The van der Waals surface area contributed by atoms with E-state index in [-0.39, 0.29) is 11.1 Å². The lowest BCUT2D eigenvalue weighted by Gasteiger charge is -2.13. The lowest BCUT2D eigenvalue weighted by atomic mass is 9.99. The van der Waals surface area contributed by atoms with E-state index >= 15 is 0 Å². The molecule has 0 heterocycles. The molecule has 0 amide bonds. The molecule has 1 rings (SSSR count). The molecule has 14 heavy (non-hydrogen) atoms. The maximum Gasteiger partial charge on any atom is 0.142 e. The first kappa shape index (κ1) is 11.2. The summed E-state index contributed by atoms with van der Waals surface area (Å²) in [5.74, 6) is -0.400. The number of hydrogen-bond donors (Lipinski definition) is 1. The molecule has 0 aliphatic carbocycles. The summed E-state index contributed by atoms with van der Waals surface area (Å²) in [5.41, 5.74) is 7.40. The van der Waals surface area contributed by atoms with E-state index in [2.05, 4.69) is 6.58 Å². The van der Waals surface area contributed by atoms with E-state index in [0.29, 0.717) is 6.42 Å². The van der Waals surface area contributed by atoms with E-state index in [1.807, 2.05) is 6.92 Å². The van der Waals surface area contributed by atoms with Crippen LogP contribution in [-0.2, 0) is 6.42 Å². The summed E-state index contributed by atoms with van der Waals surface area (Å²) in [4.78, 5) is 0. The van der Waals surface area contributed by atoms with Crippen LogP contribution >= 0.6 is 11.6 Å². The molecule has 0 radical (unpaired) electrons. The van der Waals surface area contributed by atoms with Crippen LogP contribution in [0.2, 0.25) is 5.02 Å². The standard InChI is InChI=1S/C11H13ClFN/c1-3-7-8(10(14)4-2)5-6-9(13)11(7)12/h4-6,10H,2-3,14H2,1H3/t10-/m1/s1. The summed E-state index contributed by atoms with van der Waals surface area (Å²) in [5, 5.41) is 0.169. The van der Waals surface area contributed by atoms with Crippen LogP contribution in [0, 0.1) is 5.82 Å². The Morgan fingerprint density at radius 2 is 2.29 bits per heavy atom. The molecule has 3 heteroatoms. The van der Waals surface area contributed by atoms with Crippen LogP contribution in [0.15, 0.2) is 24.8 Å². The normalized spacial score (nSPS) is 12.6. The second-order valence-electron chi connectivity index (χ2n) is 3.04. The molecule has 0 saturated carbocycles. The Morgan fingerprint density at radius 3 is 2.79 bits per heavy atom. The Hall–Kier alpha value is -0.860. The SMILES string of the molecule is C=C[C@@H](N)c1ccc(F)c(Cl)c1CC. The Labute approximate surface area is 88.4 Å². The highest BCUT2D eigenvalue weighted by atomic mass is 35.5. The van der Waals surface area contributed by atoms with Crippen molar-refractivity contribution in [3.8, 4) is 0 Å². The summed E-state index contributed by atoms with van der Waals surface area (Å²) in [6.45, 7) is 5.52. The smallest absolute Gasteiger partial charge is 0.142 e. The molecule has 0 spiro atoms. The molecule has 0 saturated heterocycles. The fraction of sp³-hybridized carbons (Fsp3) is 0.273. The quantitative estimate of drug-likeness (QED) is 0.767. The maximum absolute atomic E-state index is 13.1. The van der Waals surface area contributed by atoms with Gasteiger partial charge in [0.05, 0.1) is 5.02 Å². The highest BCUT2D eigenvalue weighted by Gasteiger charge is 2.13. The van der Waals surface area contributed by atoms with Gasteiger partial charge in [-0.15, -0.1) is 6.58 Å². The van der Waals surface area contributed by atoms with Crippen molar-refractivity contribution in [1.29, 1.82) is 0 Å². The van der Waals surface area contributed by atoms with Gasteiger partial charge in [0.1, 0.15) is 5.82 Å². The number of benzene rings is 1. The molecule has 0 aliphatic rings. The molecule has 1 atom stereocenters. The highest BCUT2D eigenvalue weighted by molar-refractivity contribution is 6.31. The molecule has 0 fully saturated rings. The van der Waals surface area contributed by atoms with Crippen molar-refractivity contribution in [3.05, 3.63) is 46.8 Å². The van der Waals surface area contributed by atoms with Gasteiger partial charge >= 0.3 is 0 Å². The van der Waals surface area contributed by atoms with Crippen LogP contribution in [0.1, 0.15) is 24.1 Å². The molecule has 76 valence electrons. The minimum Gasteiger partial charge on any atom is -0.321 e. The molecule has 0 unspecified atom stereocenters. The van der Waals surface area contributed by atoms with Gasteiger partial charge in [0.25, 0.3) is 0 Å². The van der Waals surface area contributed by atoms with Gasteiger partial charge in [0.15, 0.2) is 0 Å². The molecular formula is C11H13ClFN. The molecule has 0 aliphatic heterocycles. The minimum atomic E-state index is -0.400. The van der Waals surface area contributed by atoms with E-state index in [0.717, 1.165) is 11.1 Å². The van der Waals surface area contributed by atoms with Crippen LogP contribution in [-0.4, -0.2) is 0 Å². The summed E-state index contributed by atoms with van der Waals surface area (Å²) in [6, 6.07) is 2.70. The van der Waals surface area contributed by atoms with Gasteiger partial charge in [-0.3, -0.25) is 0 Å². The van der Waals surface area contributed by atoms with Crippen LogP contribution < -0.4 is 5.73 Å². The molecule has 1 nitrogen and oxygen atoms in total. The van der Waals surface area contributed by atoms with Crippen molar-refractivity contribution >= 4 is 11.6 Å². The third-order valence-electron chi connectivity index (χ3n) is 2.20. The van der Waals surface area contributed by atoms with E-state index in [9.17, 15) is 4.39 Å². The van der Waals surface area contributed by atoms with E-state index in [4.69, 9.17) is 17.3 Å². The van der Waals surface area contributed by atoms with Gasteiger partial charge in [-0.2, -0.15) is 0 Å². The van der Waals surface area contributed by atoms with Crippen molar-refractivity contribution in [3.63, 3.8) is 0 Å². The second kappa shape index (κ2) is 4.58. The summed E-state index contributed by atoms with van der Waals surface area (Å²) in [7, 11) is 0. The van der Waals surface area contributed by atoms with Crippen molar-refractivity contribution in [2.45, 2.75) is 19.4 Å². The van der Waals surface area contributed by atoms with Crippen molar-refractivity contribution in [1.82, 2.24) is 0 Å². The van der Waals surface area contributed by atoms with E-state index < -0.39 is 5.82 Å². The van der Waals surface area contributed by atoms with Gasteiger partial charge < -0.3 is 5.73 Å². The largest absolute Gasteiger partial charge is 0.321 e. The first-order valence-corrected chi connectivity index (χ1v) is 4.84. The summed E-state index contributed by atoms with van der Waals surface area (Å²) >= 11 is 5.83. The van der Waals surface area contributed by atoms with Gasteiger partial charge in [0.2, 0.25) is 0 Å². The zero-order valence-corrected chi connectivity index (χ0v) is 8.81. The van der Waals surface area contributed by atoms with Crippen molar-refractivity contribution < 1.29 is 4.39 Å². The Balaban J connectivity index is 3.30. The number of rotatable bonds is 3. The molecule has 2 N–H and O–H groups in total. The van der Waals surface area contributed by atoms with Crippen LogP contribution in [0.3, 0.4) is 0 Å². The van der Waals surface area contributed by atoms with Gasteiger partial charge in [-0.25, -0.2) is 4.39 Å². The Morgan fingerprint density at radius 1 is 1.64 bits per heavy atom. The second-order valence-corrected chi connectivity index (χ2v) is 3.42. The van der Waals surface area contributed by atoms with Crippen molar-refractivity contribution in [2.24, 2.45) is 5.73 Å². The fourth-order valence-electron chi connectivity index (χ4n) is 1.41. The lowest BCUT2D eigenvalue weighted by Crippen LogP contribution is -2.10. The van der Waals surface area contributed by atoms with Crippen molar-refractivity contribution in [2.75, 3.05) is 0 Å². The molecule has 0 bridgehead atoms. The highest BCUT2D eigenvalue weighted by Crippen LogP contribution is 2.27. The van der Waals surface area contributed by atoms with Gasteiger partial charge in [0, 0.05) is 6.04 Å². The lowest BCUT2D eigenvalue weighted by molar-refractivity contribution is 0.624. The number of hydrogen-bond acceptors (Lipinski definition) is 1. The molecule has 1 aromatic carbocycles. The first-order valence-electron chi connectivity index (χ1n) is 4.46. The third-order valence-corrected chi connectivity index (χ3v) is 2.61. The van der Waals surface area contributed by atoms with Gasteiger partial charge in [-0.1, -0.05) is 30.7 Å². The molecule has 0 aromatic heterocycles. The Bertz CT molecular complexity index is 349. The Kier molecular flexibility index (Phi) is 3.67. The average Bonchev–Trinajstić information content (AvgIpc) is 2.20. The number of halogens is 2. The zero-order valence-electron chi connectivity index (χ0n) is 8.06. The average molecular weight is 214 g/mol. The fourth-order valence-corrected chi connectivity index (χ4v) is 1.71. The van der Waals surface area contributed by atoms with Crippen LogP contribution in [0.4, 0.5) is 4.39 Å². The first-order chi connectivity index (χ1) is 6.61. The maximum atomic E-state index is 13.1. The van der Waals surface area contributed by atoms with Crippen LogP contribution in [0.5, 0.6) is 0 Å². The topological polar surface area (TPSA) is 26.0 Å².